The number of hydrogen-bond acceptors (Lipinski definition) is 7. The lowest BCUT2D eigenvalue weighted by molar-refractivity contribution is -0.139. The number of halogens is 2. The van der Waals surface area contributed by atoms with Crippen LogP contribution in [0.5, 0.6) is 11.5 Å². The Hall–Kier alpha value is -3.77. The van der Waals surface area contributed by atoms with Gasteiger partial charge < -0.3 is 14.2 Å². The van der Waals surface area contributed by atoms with Crippen LogP contribution in [0.3, 0.4) is 0 Å². The summed E-state index contributed by atoms with van der Waals surface area (Å²) in [5.74, 6) is 0.451. The number of nitrogens with zero attached hydrogens (tertiary/aromatic N) is 2. The second kappa shape index (κ2) is 13.3. The van der Waals surface area contributed by atoms with Gasteiger partial charge in [-0.3, -0.25) is 9.36 Å². The number of para-hydroxylation sites is 1. The molecule has 43 heavy (non-hydrogen) atoms. The Balaban J connectivity index is 1.55. The smallest absolute Gasteiger partial charge is 0.338 e. The Bertz CT molecular complexity index is 1880. The molecule has 0 saturated carbocycles. The zero-order valence-corrected chi connectivity index (χ0v) is 27.1. The van der Waals surface area contributed by atoms with E-state index in [0.717, 1.165) is 14.7 Å². The molecule has 0 unspecified atom stereocenters. The zero-order valence-electron chi connectivity index (χ0n) is 24.1. The van der Waals surface area contributed by atoms with Gasteiger partial charge in [0.15, 0.2) is 4.80 Å². The number of carbonyl (C=O) groups excluding carboxylic acids is 1. The van der Waals surface area contributed by atoms with Gasteiger partial charge in [0, 0.05) is 5.56 Å². The zero-order chi connectivity index (χ0) is 30.7. The quantitative estimate of drug-likeness (QED) is 0.160. The lowest BCUT2D eigenvalue weighted by atomic mass is 9.95. The van der Waals surface area contributed by atoms with Crippen LogP contribution >= 0.6 is 33.9 Å². The van der Waals surface area contributed by atoms with Crippen LogP contribution in [0.1, 0.15) is 50.4 Å². The summed E-state index contributed by atoms with van der Waals surface area (Å²) in [6.45, 7) is 7.85. The largest absolute Gasteiger partial charge is 0.491 e. The number of allylic oxidation sites excluding steroid dienone is 1. The highest BCUT2D eigenvalue weighted by Crippen LogP contribution is 2.36. The van der Waals surface area contributed by atoms with Crippen LogP contribution in [0.15, 0.2) is 87.8 Å². The first-order valence-electron chi connectivity index (χ1n) is 13.8. The Labute approximate surface area is 266 Å². The number of hydrogen-bond donors (Lipinski definition) is 0. The van der Waals surface area contributed by atoms with Crippen molar-refractivity contribution in [2.24, 2.45) is 4.99 Å². The Morgan fingerprint density at radius 2 is 1.86 bits per heavy atom. The van der Waals surface area contributed by atoms with E-state index >= 15 is 0 Å². The topological polar surface area (TPSA) is 79.1 Å². The van der Waals surface area contributed by atoms with Gasteiger partial charge in [-0.25, -0.2) is 14.2 Å². The van der Waals surface area contributed by atoms with Crippen molar-refractivity contribution in [2.75, 3.05) is 6.61 Å². The number of aromatic nitrogens is 1. The number of fused-ring (bicyclic) bond motifs is 1. The minimum absolute atomic E-state index is 0.113. The minimum Gasteiger partial charge on any atom is -0.491 e. The fraction of sp³-hybridized carbons (Fsp3) is 0.242. The van der Waals surface area contributed by atoms with Gasteiger partial charge in [0.25, 0.3) is 5.56 Å². The number of thiazole rings is 1. The summed E-state index contributed by atoms with van der Waals surface area (Å²) in [7, 11) is 0. The average molecular weight is 713 g/mol. The molecule has 7 nitrogen and oxygen atoms in total. The number of ether oxygens (including phenoxy) is 3. The Morgan fingerprint density at radius 1 is 1.12 bits per heavy atom. The molecule has 0 aliphatic carbocycles. The molecule has 0 fully saturated rings. The highest BCUT2D eigenvalue weighted by atomic mass is 127. The molecule has 222 valence electrons. The van der Waals surface area contributed by atoms with Crippen molar-refractivity contribution in [3.05, 3.63) is 124 Å². The number of carbonyl (C=O) groups is 1. The van der Waals surface area contributed by atoms with Crippen molar-refractivity contribution in [3.8, 4) is 11.5 Å². The lowest BCUT2D eigenvalue weighted by Crippen LogP contribution is -2.40. The second-order valence-corrected chi connectivity index (χ2v) is 12.3. The monoisotopic (exact) mass is 712 g/mol. The van der Waals surface area contributed by atoms with Gasteiger partial charge >= 0.3 is 5.97 Å². The summed E-state index contributed by atoms with van der Waals surface area (Å²) in [5, 5.41) is 0. The lowest BCUT2D eigenvalue weighted by Gasteiger charge is -2.26. The van der Waals surface area contributed by atoms with E-state index in [9.17, 15) is 14.0 Å². The van der Waals surface area contributed by atoms with Gasteiger partial charge in [0.05, 0.1) is 32.1 Å². The maximum absolute atomic E-state index is 14.0. The summed E-state index contributed by atoms with van der Waals surface area (Å²) < 4.78 is 33.6. The predicted octanol–water partition coefficient (Wildman–Crippen LogP) is 5.91. The average Bonchev–Trinajstić information content (AvgIpc) is 3.26. The molecule has 0 amide bonds. The van der Waals surface area contributed by atoms with Crippen LogP contribution in [0.2, 0.25) is 0 Å². The van der Waals surface area contributed by atoms with Crippen molar-refractivity contribution in [1.82, 2.24) is 4.57 Å². The molecule has 0 spiro atoms. The number of esters is 1. The molecule has 0 saturated heterocycles. The van der Waals surface area contributed by atoms with E-state index in [0.29, 0.717) is 44.3 Å². The fourth-order valence-corrected chi connectivity index (χ4v) is 6.51. The van der Waals surface area contributed by atoms with E-state index in [-0.39, 0.29) is 24.1 Å². The summed E-state index contributed by atoms with van der Waals surface area (Å²) in [6.07, 6.45) is 1.70. The van der Waals surface area contributed by atoms with Gasteiger partial charge in [-0.15, -0.1) is 0 Å². The molecule has 1 aromatic heterocycles. The molecule has 1 aliphatic heterocycles. The molecule has 4 aromatic rings. The second-order valence-electron chi connectivity index (χ2n) is 10.1. The molecule has 1 atom stereocenters. The Morgan fingerprint density at radius 3 is 2.56 bits per heavy atom. The van der Waals surface area contributed by atoms with Gasteiger partial charge in [0.2, 0.25) is 0 Å². The van der Waals surface area contributed by atoms with Crippen molar-refractivity contribution in [3.63, 3.8) is 0 Å². The maximum atomic E-state index is 14.0. The van der Waals surface area contributed by atoms with Crippen molar-refractivity contribution in [2.45, 2.75) is 46.4 Å². The summed E-state index contributed by atoms with van der Waals surface area (Å²) in [4.78, 5) is 32.4. The molecule has 0 bridgehead atoms. The van der Waals surface area contributed by atoms with Crippen molar-refractivity contribution in [1.29, 1.82) is 0 Å². The van der Waals surface area contributed by atoms with Crippen LogP contribution in [-0.4, -0.2) is 23.2 Å². The highest BCUT2D eigenvalue weighted by molar-refractivity contribution is 14.1. The van der Waals surface area contributed by atoms with E-state index < -0.39 is 12.0 Å². The van der Waals surface area contributed by atoms with E-state index in [1.165, 1.54) is 23.5 Å². The Kier molecular flexibility index (Phi) is 9.46. The molecule has 5 rings (SSSR count). The van der Waals surface area contributed by atoms with Crippen LogP contribution in [0.4, 0.5) is 4.39 Å². The summed E-state index contributed by atoms with van der Waals surface area (Å²) in [5.41, 5.74) is 2.87. The third kappa shape index (κ3) is 6.75. The van der Waals surface area contributed by atoms with E-state index in [1.807, 2.05) is 62.4 Å². The first-order chi connectivity index (χ1) is 20.7. The SMILES string of the molecule is CCOC(=O)C1=C(C)N=c2s/c(=C/c3ccc(OCc4ccc(F)cc4)c(I)c3)c(=O)n2[C@@H]1c1ccccc1OC(C)C. The molecule has 0 N–H and O–H groups in total. The molecule has 1 aliphatic rings. The number of rotatable bonds is 9. The maximum Gasteiger partial charge on any atom is 0.338 e. The summed E-state index contributed by atoms with van der Waals surface area (Å²) >= 11 is 3.45. The van der Waals surface area contributed by atoms with Crippen molar-refractivity contribution >= 4 is 46.0 Å². The third-order valence-corrected chi connectivity index (χ3v) is 8.48. The van der Waals surface area contributed by atoms with Gasteiger partial charge in [-0.1, -0.05) is 47.7 Å². The van der Waals surface area contributed by atoms with Crippen molar-refractivity contribution < 1.29 is 23.4 Å². The van der Waals surface area contributed by atoms with Gasteiger partial charge in [-0.2, -0.15) is 0 Å². The molecule has 3 aromatic carbocycles. The molecule has 10 heteroatoms. The van der Waals surface area contributed by atoms with Crippen LogP contribution in [0, 0.1) is 9.39 Å². The van der Waals surface area contributed by atoms with Crippen LogP contribution < -0.4 is 24.4 Å². The molecular formula is C33H30FIN2O5S. The standard InChI is InChI=1S/C33H30FIN2O5S/c1-5-40-32(39)29-20(4)36-33-37(30(29)24-8-6-7-9-26(24)42-19(2)3)31(38)28(43-33)17-22-12-15-27(25(35)16-22)41-18-21-10-13-23(34)14-11-21/h6-17,19,30H,5,18H2,1-4H3/b28-17+/t30-/m1/s1. The first kappa shape index (κ1) is 30.7. The first-order valence-corrected chi connectivity index (χ1v) is 15.7. The third-order valence-electron chi connectivity index (χ3n) is 6.65. The van der Waals surface area contributed by atoms with Gasteiger partial charge in [-0.05, 0) is 97.8 Å². The molecule has 0 radical (unpaired) electrons. The van der Waals surface area contributed by atoms with Gasteiger partial charge in [0.1, 0.15) is 30.0 Å². The molecule has 2 heterocycles. The van der Waals surface area contributed by atoms with Crippen LogP contribution in [0.25, 0.3) is 6.08 Å². The minimum atomic E-state index is -0.769. The van der Waals surface area contributed by atoms with E-state index in [4.69, 9.17) is 14.2 Å². The van der Waals surface area contributed by atoms with Crippen LogP contribution in [-0.2, 0) is 16.1 Å². The fourth-order valence-electron chi connectivity index (χ4n) is 4.77. The highest BCUT2D eigenvalue weighted by Gasteiger charge is 2.35. The summed E-state index contributed by atoms with van der Waals surface area (Å²) in [6, 6.07) is 18.5. The van der Waals surface area contributed by atoms with E-state index in [1.54, 1.807) is 30.5 Å². The predicted molar refractivity (Wildman–Crippen MR) is 172 cm³/mol. The molecular weight excluding hydrogens is 682 g/mol. The normalized spacial score (nSPS) is 14.9. The number of benzene rings is 3. The van der Waals surface area contributed by atoms with E-state index in [2.05, 4.69) is 27.6 Å².